The van der Waals surface area contributed by atoms with Crippen LogP contribution < -0.4 is 4.74 Å². The highest BCUT2D eigenvalue weighted by molar-refractivity contribution is 5.90. The molecule has 1 aliphatic carbocycles. The maximum Gasteiger partial charge on any atom is 0.337 e. The van der Waals surface area contributed by atoms with Crippen LogP contribution in [0.3, 0.4) is 0 Å². The lowest BCUT2D eigenvalue weighted by atomic mass is 9.82. The van der Waals surface area contributed by atoms with Crippen molar-refractivity contribution in [2.45, 2.75) is 97.7 Å². The van der Waals surface area contributed by atoms with Gasteiger partial charge in [0.25, 0.3) is 0 Å². The van der Waals surface area contributed by atoms with E-state index in [4.69, 9.17) is 52.1 Å². The zero-order valence-corrected chi connectivity index (χ0v) is 32.4. The van der Waals surface area contributed by atoms with E-state index in [0.29, 0.717) is 11.3 Å². The van der Waals surface area contributed by atoms with Gasteiger partial charge in [-0.2, -0.15) is 0 Å². The van der Waals surface area contributed by atoms with E-state index in [2.05, 4.69) is 0 Å². The molecule has 2 aliphatic heterocycles. The lowest BCUT2D eigenvalue weighted by molar-refractivity contribution is -0.345. The Hall–Kier alpha value is -5.82. The number of esters is 8. The topological polar surface area (TPSA) is 238 Å². The Kier molecular flexibility index (Phi) is 14.9. The maximum atomic E-state index is 13.3. The Bertz CT molecular complexity index is 1760. The Balaban J connectivity index is 1.71. The summed E-state index contributed by atoms with van der Waals surface area (Å²) in [5, 5.41) is 0. The van der Waals surface area contributed by atoms with Gasteiger partial charge in [-0.1, -0.05) is 19.1 Å². The molecule has 310 valence electrons. The van der Waals surface area contributed by atoms with Crippen molar-refractivity contribution in [3.05, 3.63) is 47.7 Å². The third-order valence-corrected chi connectivity index (χ3v) is 8.97. The average Bonchev–Trinajstić information content (AvgIpc) is 3.38. The highest BCUT2D eigenvalue weighted by atomic mass is 16.8. The number of carbonyl (C=O) groups excluding carboxylic acids is 8. The van der Waals surface area contributed by atoms with Gasteiger partial charge >= 0.3 is 47.8 Å². The smallest absolute Gasteiger partial charge is 0.337 e. The minimum atomic E-state index is -1.69. The number of fused-ring (bicyclic) bond motifs is 1. The summed E-state index contributed by atoms with van der Waals surface area (Å²) in [6, 6.07) is 6.24. The van der Waals surface area contributed by atoms with Gasteiger partial charge in [0.1, 0.15) is 30.7 Å². The Morgan fingerprint density at radius 3 is 1.81 bits per heavy atom. The molecule has 0 N–H and O–H groups in total. The van der Waals surface area contributed by atoms with Gasteiger partial charge in [0.05, 0.1) is 18.9 Å². The fourth-order valence-electron chi connectivity index (χ4n) is 6.89. The molecule has 0 amide bonds. The molecule has 11 atom stereocenters. The molecule has 19 nitrogen and oxygen atoms in total. The summed E-state index contributed by atoms with van der Waals surface area (Å²) in [6.07, 6.45) is -8.09. The molecule has 4 rings (SSSR count). The van der Waals surface area contributed by atoms with Crippen molar-refractivity contribution < 1.29 is 90.5 Å². The van der Waals surface area contributed by atoms with Crippen molar-refractivity contribution in [2.75, 3.05) is 13.7 Å². The first-order chi connectivity index (χ1) is 26.9. The minimum absolute atomic E-state index is 0.0936. The van der Waals surface area contributed by atoms with Crippen LogP contribution in [-0.4, -0.2) is 111 Å². The van der Waals surface area contributed by atoms with Crippen LogP contribution in [0, 0.1) is 17.8 Å². The van der Waals surface area contributed by atoms with Crippen molar-refractivity contribution in [3.8, 4) is 5.75 Å². The summed E-state index contributed by atoms with van der Waals surface area (Å²) < 4.78 is 61.5. The van der Waals surface area contributed by atoms with Gasteiger partial charge in [-0.15, -0.1) is 0 Å². The zero-order valence-electron chi connectivity index (χ0n) is 32.4. The van der Waals surface area contributed by atoms with E-state index in [0.717, 1.165) is 54.1 Å². The van der Waals surface area contributed by atoms with Crippen LogP contribution in [0.5, 0.6) is 5.75 Å². The molecule has 1 saturated heterocycles. The fourth-order valence-corrected chi connectivity index (χ4v) is 6.89. The number of rotatable bonds is 13. The van der Waals surface area contributed by atoms with E-state index in [1.807, 2.05) is 0 Å². The molecule has 1 saturated carbocycles. The van der Waals surface area contributed by atoms with Crippen LogP contribution >= 0.6 is 0 Å². The molecule has 1 aromatic rings. The second kappa shape index (κ2) is 19.4. The van der Waals surface area contributed by atoms with Crippen LogP contribution in [0.2, 0.25) is 0 Å². The van der Waals surface area contributed by atoms with E-state index in [9.17, 15) is 38.4 Å². The number of carbonyl (C=O) groups is 8. The number of hydrogen-bond acceptors (Lipinski definition) is 19. The Morgan fingerprint density at radius 1 is 0.667 bits per heavy atom. The van der Waals surface area contributed by atoms with Gasteiger partial charge in [-0.3, -0.25) is 28.8 Å². The van der Waals surface area contributed by atoms with E-state index in [1.54, 1.807) is 19.1 Å². The van der Waals surface area contributed by atoms with Gasteiger partial charge in [-0.05, 0) is 23.8 Å². The Labute approximate surface area is 326 Å². The van der Waals surface area contributed by atoms with Gasteiger partial charge < -0.3 is 52.1 Å². The second-order valence-electron chi connectivity index (χ2n) is 13.2. The summed E-state index contributed by atoms with van der Waals surface area (Å²) in [7, 11) is 1.12. The third kappa shape index (κ3) is 11.4. The number of methoxy groups -OCH3 is 1. The standard InChI is InChI=1S/C38H44O19/c1-17-29-30(33(52-21(5)42)31(17)56-28(45)14-11-24-9-12-25(13-10-24)50-19(3)40)26(36(46)47-8)15-49-37(29)57-38-35(54-23(7)44)34(53-22(6)43)32(51-20(4)41)27(55-38)16-48-18(2)39/h9-15,17,27,29-35,37-38H,16H2,1-8H3/b14-11+/t17-,27+,29+,30+,31+,32+,33-,34-,35+,37-,38-/m0/s1. The molecule has 2 fully saturated rings. The van der Waals surface area contributed by atoms with E-state index in [1.165, 1.54) is 25.1 Å². The fraction of sp³-hybridized carbons (Fsp3) is 0.526. The van der Waals surface area contributed by atoms with E-state index >= 15 is 0 Å². The van der Waals surface area contributed by atoms with Crippen molar-refractivity contribution in [1.29, 1.82) is 0 Å². The summed E-state index contributed by atoms with van der Waals surface area (Å²) in [5.41, 5.74) is 0.457. The van der Waals surface area contributed by atoms with Crippen LogP contribution in [0.4, 0.5) is 0 Å². The first kappa shape index (κ1) is 43.9. The van der Waals surface area contributed by atoms with Crippen molar-refractivity contribution in [3.63, 3.8) is 0 Å². The van der Waals surface area contributed by atoms with Crippen LogP contribution in [-0.2, 0) is 85.7 Å². The number of hydrogen-bond donors (Lipinski definition) is 0. The average molecular weight is 805 g/mol. The molecular formula is C38H44O19. The summed E-state index contributed by atoms with van der Waals surface area (Å²) in [6.45, 7) is 7.79. The quantitative estimate of drug-likeness (QED) is 0.120. The van der Waals surface area contributed by atoms with Crippen LogP contribution in [0.15, 0.2) is 42.2 Å². The molecule has 57 heavy (non-hydrogen) atoms. The van der Waals surface area contributed by atoms with Gasteiger partial charge in [0.2, 0.25) is 12.6 Å². The van der Waals surface area contributed by atoms with Gasteiger partial charge in [-0.25, -0.2) is 9.59 Å². The highest BCUT2D eigenvalue weighted by Gasteiger charge is 2.62. The van der Waals surface area contributed by atoms with Gasteiger partial charge in [0.15, 0.2) is 18.3 Å². The monoisotopic (exact) mass is 804 g/mol. The molecule has 0 unspecified atom stereocenters. The lowest BCUT2D eigenvalue weighted by Gasteiger charge is -2.46. The second-order valence-corrected chi connectivity index (χ2v) is 13.2. The largest absolute Gasteiger partial charge is 0.472 e. The molecule has 0 spiro atoms. The minimum Gasteiger partial charge on any atom is -0.472 e. The van der Waals surface area contributed by atoms with E-state index in [-0.39, 0.29) is 5.57 Å². The predicted octanol–water partition coefficient (Wildman–Crippen LogP) is 1.86. The number of ether oxygens (including phenoxy) is 11. The molecule has 2 heterocycles. The predicted molar refractivity (Wildman–Crippen MR) is 186 cm³/mol. The molecule has 0 radical (unpaired) electrons. The van der Waals surface area contributed by atoms with Crippen molar-refractivity contribution in [1.82, 2.24) is 0 Å². The first-order valence-electron chi connectivity index (χ1n) is 17.6. The number of benzene rings is 1. The molecule has 1 aromatic carbocycles. The SMILES string of the molecule is COC(=O)C1=CO[C@@H](O[C@@H]2O[C@H](COC(C)=O)[C@@H](OC(C)=O)[C@H](OC(C)=O)[C@H]2OC(C)=O)[C@@H]2[C@H](C)[C@@H](OC(=O)/C=C/c3ccc(OC(C)=O)cc3)[C@@H](OC(C)=O)[C@H]12. The van der Waals surface area contributed by atoms with E-state index < -0.39 is 121 Å². The maximum absolute atomic E-state index is 13.3. The first-order valence-corrected chi connectivity index (χ1v) is 17.6. The van der Waals surface area contributed by atoms with Crippen LogP contribution in [0.1, 0.15) is 54.0 Å². The van der Waals surface area contributed by atoms with Crippen molar-refractivity contribution >= 4 is 53.8 Å². The lowest BCUT2D eigenvalue weighted by Crippen LogP contribution is -2.63. The molecule has 0 aromatic heterocycles. The van der Waals surface area contributed by atoms with Crippen molar-refractivity contribution in [2.24, 2.45) is 17.8 Å². The van der Waals surface area contributed by atoms with Crippen LogP contribution in [0.25, 0.3) is 6.08 Å². The Morgan fingerprint density at radius 2 is 1.25 bits per heavy atom. The third-order valence-electron chi connectivity index (χ3n) is 8.97. The summed E-state index contributed by atoms with van der Waals surface area (Å²) >= 11 is 0. The molecule has 0 bridgehead atoms. The molecule has 3 aliphatic rings. The van der Waals surface area contributed by atoms with Gasteiger partial charge in [0, 0.05) is 65.4 Å². The summed E-state index contributed by atoms with van der Waals surface area (Å²) in [4.78, 5) is 98.9. The molecule has 19 heteroatoms. The zero-order chi connectivity index (χ0) is 42.1. The normalized spacial score (nSPS) is 29.0. The summed E-state index contributed by atoms with van der Waals surface area (Å²) in [5.74, 6) is -8.90. The molecular weight excluding hydrogens is 760 g/mol. The highest BCUT2D eigenvalue weighted by Crippen LogP contribution is 2.50.